The van der Waals surface area contributed by atoms with Crippen LogP contribution >= 0.6 is 0 Å². The zero-order chi connectivity index (χ0) is 13.3. The normalized spacial score (nSPS) is 34.7. The standard InChI is InChI=1S/C14H27N3O/c1-4-14(2,3)17-13(18)16-8-9-5-10-7-12(15)11(10)6-9/h9-12H,4-8,15H2,1-3H3,(H2,16,17,18). The molecule has 18 heavy (non-hydrogen) atoms. The van der Waals surface area contributed by atoms with Crippen molar-refractivity contribution < 1.29 is 4.79 Å². The van der Waals surface area contributed by atoms with E-state index in [2.05, 4.69) is 17.6 Å². The molecule has 0 radical (unpaired) electrons. The number of carbonyl (C=O) groups is 1. The number of hydrogen-bond acceptors (Lipinski definition) is 2. The summed E-state index contributed by atoms with van der Waals surface area (Å²) < 4.78 is 0. The lowest BCUT2D eigenvalue weighted by atomic mass is 9.72. The fraction of sp³-hybridized carbons (Fsp3) is 0.929. The molecule has 0 heterocycles. The van der Waals surface area contributed by atoms with Gasteiger partial charge in [0.05, 0.1) is 0 Å². The molecule has 4 N–H and O–H groups in total. The van der Waals surface area contributed by atoms with Gasteiger partial charge in [-0.05, 0) is 57.3 Å². The summed E-state index contributed by atoms with van der Waals surface area (Å²) in [4.78, 5) is 11.8. The molecule has 4 atom stereocenters. The molecule has 104 valence electrons. The summed E-state index contributed by atoms with van der Waals surface area (Å²) in [5, 5.41) is 6.01. The average Bonchev–Trinajstić information content (AvgIpc) is 2.63. The maximum Gasteiger partial charge on any atom is 0.315 e. The largest absolute Gasteiger partial charge is 0.338 e. The van der Waals surface area contributed by atoms with Crippen molar-refractivity contribution in [1.29, 1.82) is 0 Å². The average molecular weight is 253 g/mol. The van der Waals surface area contributed by atoms with Gasteiger partial charge in [-0.1, -0.05) is 6.92 Å². The lowest BCUT2D eigenvalue weighted by Gasteiger charge is -2.37. The van der Waals surface area contributed by atoms with E-state index in [0.717, 1.165) is 24.8 Å². The Morgan fingerprint density at radius 1 is 1.33 bits per heavy atom. The number of nitrogens with two attached hydrogens (primary N) is 1. The Bertz CT molecular complexity index is 316. The number of urea groups is 1. The molecule has 4 nitrogen and oxygen atoms in total. The van der Waals surface area contributed by atoms with E-state index in [1.165, 1.54) is 19.3 Å². The molecule has 0 aliphatic heterocycles. The second-order valence-electron chi connectivity index (χ2n) is 6.73. The first-order valence-electron chi connectivity index (χ1n) is 7.23. The first-order chi connectivity index (χ1) is 8.41. The van der Waals surface area contributed by atoms with Gasteiger partial charge in [-0.15, -0.1) is 0 Å². The summed E-state index contributed by atoms with van der Waals surface area (Å²) in [6, 6.07) is 0.387. The van der Waals surface area contributed by atoms with E-state index in [1.54, 1.807) is 0 Å². The molecule has 0 aromatic carbocycles. The topological polar surface area (TPSA) is 67.2 Å². The minimum absolute atomic E-state index is 0.0367. The summed E-state index contributed by atoms with van der Waals surface area (Å²) in [5.41, 5.74) is 5.86. The first kappa shape index (κ1) is 13.7. The van der Waals surface area contributed by atoms with E-state index < -0.39 is 0 Å². The molecule has 2 aliphatic rings. The predicted molar refractivity (Wildman–Crippen MR) is 73.2 cm³/mol. The molecular formula is C14H27N3O. The third kappa shape index (κ3) is 2.97. The maximum absolute atomic E-state index is 11.8. The van der Waals surface area contributed by atoms with Crippen molar-refractivity contribution in [3.05, 3.63) is 0 Å². The van der Waals surface area contributed by atoms with E-state index in [4.69, 9.17) is 5.73 Å². The van der Waals surface area contributed by atoms with Crippen LogP contribution in [0.3, 0.4) is 0 Å². The molecule has 2 amide bonds. The van der Waals surface area contributed by atoms with E-state index in [-0.39, 0.29) is 11.6 Å². The van der Waals surface area contributed by atoms with Crippen molar-refractivity contribution in [2.75, 3.05) is 6.54 Å². The van der Waals surface area contributed by atoms with Crippen molar-refractivity contribution in [1.82, 2.24) is 10.6 Å². The van der Waals surface area contributed by atoms with Gasteiger partial charge in [-0.2, -0.15) is 0 Å². The van der Waals surface area contributed by atoms with Crippen LogP contribution in [0.4, 0.5) is 4.79 Å². The van der Waals surface area contributed by atoms with E-state index >= 15 is 0 Å². The quantitative estimate of drug-likeness (QED) is 0.716. The Labute approximate surface area is 110 Å². The van der Waals surface area contributed by atoms with Crippen LogP contribution in [0.5, 0.6) is 0 Å². The molecule has 2 saturated carbocycles. The Balaban J connectivity index is 1.68. The van der Waals surface area contributed by atoms with Crippen LogP contribution in [0.25, 0.3) is 0 Å². The summed E-state index contributed by atoms with van der Waals surface area (Å²) in [7, 11) is 0. The number of rotatable bonds is 4. The Kier molecular flexibility index (Phi) is 3.85. The second-order valence-corrected chi connectivity index (χ2v) is 6.73. The summed E-state index contributed by atoms with van der Waals surface area (Å²) in [6.45, 7) is 6.96. The zero-order valence-electron chi connectivity index (χ0n) is 11.8. The Morgan fingerprint density at radius 2 is 2.06 bits per heavy atom. The van der Waals surface area contributed by atoms with Crippen LogP contribution in [0.15, 0.2) is 0 Å². The minimum atomic E-state index is -0.124. The molecule has 4 unspecified atom stereocenters. The molecule has 2 rings (SSSR count). The number of nitrogens with one attached hydrogen (secondary N) is 2. The highest BCUT2D eigenvalue weighted by molar-refractivity contribution is 5.74. The SMILES string of the molecule is CCC(C)(C)NC(=O)NCC1CC2CC(N)C2C1. The molecule has 0 aromatic heterocycles. The highest BCUT2D eigenvalue weighted by Gasteiger charge is 2.45. The third-order valence-electron chi connectivity index (χ3n) is 4.86. The van der Waals surface area contributed by atoms with Gasteiger partial charge in [-0.25, -0.2) is 4.79 Å². The van der Waals surface area contributed by atoms with Crippen molar-refractivity contribution in [3.63, 3.8) is 0 Å². The summed E-state index contributed by atoms with van der Waals surface area (Å²) >= 11 is 0. The highest BCUT2D eigenvalue weighted by Crippen LogP contribution is 2.48. The number of fused-ring (bicyclic) bond motifs is 1. The van der Waals surface area contributed by atoms with Gasteiger partial charge in [0.15, 0.2) is 0 Å². The monoisotopic (exact) mass is 253 g/mol. The van der Waals surface area contributed by atoms with Crippen LogP contribution < -0.4 is 16.4 Å². The Morgan fingerprint density at radius 3 is 2.61 bits per heavy atom. The first-order valence-corrected chi connectivity index (χ1v) is 7.23. The molecule has 0 aromatic rings. The molecule has 0 saturated heterocycles. The van der Waals surface area contributed by atoms with Crippen molar-refractivity contribution >= 4 is 6.03 Å². The van der Waals surface area contributed by atoms with Crippen molar-refractivity contribution in [2.45, 2.75) is 58.0 Å². The fourth-order valence-corrected chi connectivity index (χ4v) is 3.24. The van der Waals surface area contributed by atoms with E-state index in [0.29, 0.717) is 12.0 Å². The van der Waals surface area contributed by atoms with E-state index in [1.807, 2.05) is 13.8 Å². The van der Waals surface area contributed by atoms with Crippen molar-refractivity contribution in [3.8, 4) is 0 Å². The van der Waals surface area contributed by atoms with Gasteiger partial charge < -0.3 is 16.4 Å². The molecule has 0 bridgehead atoms. The molecular weight excluding hydrogens is 226 g/mol. The number of amides is 2. The zero-order valence-corrected chi connectivity index (χ0v) is 11.8. The smallest absolute Gasteiger partial charge is 0.315 e. The third-order valence-corrected chi connectivity index (χ3v) is 4.86. The van der Waals surface area contributed by atoms with Gasteiger partial charge in [-0.3, -0.25) is 0 Å². The van der Waals surface area contributed by atoms with Crippen LogP contribution in [0.2, 0.25) is 0 Å². The van der Waals surface area contributed by atoms with Crippen LogP contribution in [-0.2, 0) is 0 Å². The van der Waals surface area contributed by atoms with Gasteiger partial charge >= 0.3 is 6.03 Å². The molecule has 2 fully saturated rings. The number of hydrogen-bond donors (Lipinski definition) is 3. The van der Waals surface area contributed by atoms with Gasteiger partial charge in [0.25, 0.3) is 0 Å². The van der Waals surface area contributed by atoms with E-state index in [9.17, 15) is 4.79 Å². The van der Waals surface area contributed by atoms with Gasteiger partial charge in [0.1, 0.15) is 0 Å². The van der Waals surface area contributed by atoms with Crippen LogP contribution in [0, 0.1) is 17.8 Å². The predicted octanol–water partition coefficient (Wildman–Crippen LogP) is 1.85. The summed E-state index contributed by atoms with van der Waals surface area (Å²) in [5.74, 6) is 2.19. The summed E-state index contributed by atoms with van der Waals surface area (Å²) in [6.07, 6.45) is 4.57. The minimum Gasteiger partial charge on any atom is -0.338 e. The van der Waals surface area contributed by atoms with Crippen LogP contribution in [-0.4, -0.2) is 24.2 Å². The van der Waals surface area contributed by atoms with Gasteiger partial charge in [0.2, 0.25) is 0 Å². The lowest BCUT2D eigenvalue weighted by Crippen LogP contribution is -2.48. The molecule has 4 heteroatoms. The van der Waals surface area contributed by atoms with Crippen LogP contribution in [0.1, 0.15) is 46.5 Å². The maximum atomic E-state index is 11.8. The second kappa shape index (κ2) is 5.08. The molecule has 2 aliphatic carbocycles. The highest BCUT2D eigenvalue weighted by atomic mass is 16.2. The van der Waals surface area contributed by atoms with Gasteiger partial charge in [0, 0.05) is 18.1 Å². The number of carbonyl (C=O) groups excluding carboxylic acids is 1. The van der Waals surface area contributed by atoms with Crippen molar-refractivity contribution in [2.24, 2.45) is 23.5 Å². The Hall–Kier alpha value is -0.770. The molecule has 0 spiro atoms. The fourth-order valence-electron chi connectivity index (χ4n) is 3.24. The lowest BCUT2D eigenvalue weighted by molar-refractivity contribution is 0.173.